The molecule has 0 saturated carbocycles. The van der Waals surface area contributed by atoms with Crippen LogP contribution in [0.1, 0.15) is 10.4 Å². The van der Waals surface area contributed by atoms with Crippen LogP contribution >= 0.6 is 11.8 Å². The van der Waals surface area contributed by atoms with Crippen molar-refractivity contribution in [2.24, 2.45) is 0 Å². The van der Waals surface area contributed by atoms with E-state index in [1.807, 2.05) is 54.6 Å². The number of nitrogens with zero attached hydrogens (tertiary/aromatic N) is 3. The molecule has 148 valence electrons. The summed E-state index contributed by atoms with van der Waals surface area (Å²) in [4.78, 5) is 23.3. The number of pyridine rings is 1. The van der Waals surface area contributed by atoms with Gasteiger partial charge in [-0.15, -0.1) is 0 Å². The van der Waals surface area contributed by atoms with Crippen molar-refractivity contribution in [3.05, 3.63) is 78.5 Å². The molecule has 1 N–H and O–H groups in total. The van der Waals surface area contributed by atoms with Gasteiger partial charge in [0.2, 0.25) is 0 Å². The summed E-state index contributed by atoms with van der Waals surface area (Å²) in [5, 5.41) is 3.82. The van der Waals surface area contributed by atoms with Crippen LogP contribution in [0.5, 0.6) is 0 Å². The third-order valence-electron chi connectivity index (χ3n) is 4.97. The van der Waals surface area contributed by atoms with Crippen molar-refractivity contribution in [3.63, 3.8) is 0 Å². The van der Waals surface area contributed by atoms with E-state index in [1.165, 1.54) is 11.8 Å². The Hall–Kier alpha value is -2.83. The second-order valence-electron chi connectivity index (χ2n) is 7.03. The topological polar surface area (TPSA) is 48.5 Å². The predicted molar refractivity (Wildman–Crippen MR) is 119 cm³/mol. The summed E-state index contributed by atoms with van der Waals surface area (Å²) in [6.45, 7) is 3.93. The van der Waals surface area contributed by atoms with Gasteiger partial charge in [-0.25, -0.2) is 4.98 Å². The average molecular weight is 405 g/mol. The van der Waals surface area contributed by atoms with Crippen LogP contribution in [0.25, 0.3) is 0 Å². The zero-order valence-electron chi connectivity index (χ0n) is 16.4. The zero-order chi connectivity index (χ0) is 20.1. The monoisotopic (exact) mass is 404 g/mol. The lowest BCUT2D eigenvalue weighted by molar-refractivity contribution is 0.102. The summed E-state index contributed by atoms with van der Waals surface area (Å²) in [7, 11) is 2.14. The lowest BCUT2D eigenvalue weighted by Crippen LogP contribution is -2.44. The van der Waals surface area contributed by atoms with Crippen LogP contribution in [0.15, 0.2) is 82.8 Å². The quantitative estimate of drug-likeness (QED) is 0.689. The Bertz CT molecular complexity index is 971. The van der Waals surface area contributed by atoms with Gasteiger partial charge in [-0.2, -0.15) is 0 Å². The fourth-order valence-electron chi connectivity index (χ4n) is 3.34. The molecule has 0 unspecified atom stereocenters. The van der Waals surface area contributed by atoms with Gasteiger partial charge in [-0.1, -0.05) is 42.1 Å². The maximum atomic E-state index is 13.1. The number of hydrogen-bond donors (Lipinski definition) is 1. The van der Waals surface area contributed by atoms with E-state index in [9.17, 15) is 4.79 Å². The van der Waals surface area contributed by atoms with E-state index in [0.29, 0.717) is 10.6 Å². The number of piperazine rings is 1. The average Bonchev–Trinajstić information content (AvgIpc) is 2.76. The van der Waals surface area contributed by atoms with Crippen LogP contribution in [0.2, 0.25) is 0 Å². The first kappa shape index (κ1) is 19.5. The third-order valence-corrected chi connectivity index (χ3v) is 6.00. The van der Waals surface area contributed by atoms with Crippen LogP contribution in [0.3, 0.4) is 0 Å². The molecule has 1 saturated heterocycles. The summed E-state index contributed by atoms with van der Waals surface area (Å²) in [5.41, 5.74) is 2.48. The van der Waals surface area contributed by atoms with Crippen LogP contribution in [0, 0.1) is 0 Å². The molecule has 0 bridgehead atoms. The number of rotatable bonds is 5. The van der Waals surface area contributed by atoms with Gasteiger partial charge in [0, 0.05) is 37.3 Å². The number of aromatic nitrogens is 1. The van der Waals surface area contributed by atoms with Gasteiger partial charge in [0.05, 0.1) is 16.9 Å². The van der Waals surface area contributed by atoms with E-state index in [0.717, 1.165) is 42.4 Å². The maximum Gasteiger partial charge on any atom is 0.258 e. The second kappa shape index (κ2) is 9.11. The first-order chi connectivity index (χ1) is 14.2. The van der Waals surface area contributed by atoms with Crippen LogP contribution in [-0.4, -0.2) is 49.0 Å². The number of carbonyl (C=O) groups excluding carboxylic acids is 1. The fourth-order valence-corrected chi connectivity index (χ4v) is 4.24. The first-order valence-corrected chi connectivity index (χ1v) is 10.5. The largest absolute Gasteiger partial charge is 0.367 e. The Balaban J connectivity index is 1.55. The van der Waals surface area contributed by atoms with Gasteiger partial charge >= 0.3 is 0 Å². The molecule has 1 aliphatic heterocycles. The molecule has 1 aliphatic rings. The van der Waals surface area contributed by atoms with Crippen molar-refractivity contribution in [2.75, 3.05) is 43.4 Å². The fraction of sp³-hybridized carbons (Fsp3) is 0.217. The summed E-state index contributed by atoms with van der Waals surface area (Å²) in [5.74, 6) is -0.141. The predicted octanol–water partition coefficient (Wildman–Crippen LogP) is 4.24. The van der Waals surface area contributed by atoms with Crippen molar-refractivity contribution >= 4 is 29.0 Å². The Morgan fingerprint density at radius 2 is 1.66 bits per heavy atom. The summed E-state index contributed by atoms with van der Waals surface area (Å²) < 4.78 is 0. The van der Waals surface area contributed by atoms with Crippen molar-refractivity contribution < 1.29 is 4.79 Å². The van der Waals surface area contributed by atoms with Gasteiger partial charge in [-0.3, -0.25) is 4.79 Å². The highest BCUT2D eigenvalue weighted by Crippen LogP contribution is 2.30. The van der Waals surface area contributed by atoms with E-state index in [4.69, 9.17) is 0 Å². The van der Waals surface area contributed by atoms with Gasteiger partial charge < -0.3 is 15.1 Å². The van der Waals surface area contributed by atoms with E-state index in [-0.39, 0.29) is 5.91 Å². The molecule has 0 aliphatic carbocycles. The Labute approximate surface area is 175 Å². The summed E-state index contributed by atoms with van der Waals surface area (Å²) >= 11 is 1.50. The molecule has 3 aromatic rings. The summed E-state index contributed by atoms with van der Waals surface area (Å²) in [6, 6.07) is 21.6. The number of amides is 1. The van der Waals surface area contributed by atoms with E-state index in [2.05, 4.69) is 33.2 Å². The van der Waals surface area contributed by atoms with E-state index >= 15 is 0 Å². The normalized spacial score (nSPS) is 14.6. The minimum atomic E-state index is -0.141. The molecule has 0 radical (unpaired) electrons. The molecular formula is C23H24N4OS. The highest BCUT2D eigenvalue weighted by molar-refractivity contribution is 7.99. The minimum absolute atomic E-state index is 0.141. The van der Waals surface area contributed by atoms with Crippen molar-refractivity contribution in [2.45, 2.75) is 9.92 Å². The van der Waals surface area contributed by atoms with Gasteiger partial charge in [0.1, 0.15) is 5.03 Å². The number of carbonyl (C=O) groups is 1. The molecule has 5 nitrogen and oxygen atoms in total. The highest BCUT2D eigenvalue weighted by atomic mass is 32.2. The summed E-state index contributed by atoms with van der Waals surface area (Å²) in [6.07, 6.45) is 1.72. The Morgan fingerprint density at radius 1 is 0.931 bits per heavy atom. The number of hydrogen-bond acceptors (Lipinski definition) is 5. The molecule has 1 aromatic heterocycles. The molecular weight excluding hydrogens is 380 g/mol. The second-order valence-corrected chi connectivity index (χ2v) is 8.10. The zero-order valence-corrected chi connectivity index (χ0v) is 17.2. The van der Waals surface area contributed by atoms with Crippen molar-refractivity contribution in [3.8, 4) is 0 Å². The van der Waals surface area contributed by atoms with E-state index in [1.54, 1.807) is 12.3 Å². The van der Waals surface area contributed by atoms with Crippen LogP contribution < -0.4 is 10.2 Å². The molecule has 0 spiro atoms. The van der Waals surface area contributed by atoms with Crippen molar-refractivity contribution in [1.29, 1.82) is 0 Å². The number of nitrogens with one attached hydrogen (secondary N) is 1. The molecule has 2 aromatic carbocycles. The number of likely N-dealkylation sites (N-methyl/N-ethyl adjacent to an activating group) is 1. The van der Waals surface area contributed by atoms with Gasteiger partial charge in [0.15, 0.2) is 0 Å². The first-order valence-electron chi connectivity index (χ1n) is 9.72. The molecule has 4 rings (SSSR count). The number of benzene rings is 2. The van der Waals surface area contributed by atoms with Crippen LogP contribution in [0.4, 0.5) is 11.4 Å². The lowest BCUT2D eigenvalue weighted by atomic mass is 10.2. The third kappa shape index (κ3) is 4.78. The minimum Gasteiger partial charge on any atom is -0.367 e. The number of para-hydroxylation sites is 2. The molecule has 0 atom stereocenters. The maximum absolute atomic E-state index is 13.1. The standard InChI is InChI=1S/C23H24N4OS/c1-26-14-16-27(17-15-26)21-12-6-5-11-20(21)25-22(28)19-10-7-13-24-23(19)29-18-8-3-2-4-9-18/h2-13H,14-17H2,1H3,(H,25,28). The van der Waals surface area contributed by atoms with E-state index < -0.39 is 0 Å². The van der Waals surface area contributed by atoms with Crippen molar-refractivity contribution in [1.82, 2.24) is 9.88 Å². The molecule has 1 fully saturated rings. The van der Waals surface area contributed by atoms with Gasteiger partial charge in [-0.05, 0) is 43.4 Å². The molecule has 1 amide bonds. The van der Waals surface area contributed by atoms with Gasteiger partial charge in [0.25, 0.3) is 5.91 Å². The Morgan fingerprint density at radius 3 is 2.45 bits per heavy atom. The number of anilines is 2. The molecule has 2 heterocycles. The lowest BCUT2D eigenvalue weighted by Gasteiger charge is -2.35. The van der Waals surface area contributed by atoms with Crippen LogP contribution in [-0.2, 0) is 0 Å². The highest BCUT2D eigenvalue weighted by Gasteiger charge is 2.19. The SMILES string of the molecule is CN1CCN(c2ccccc2NC(=O)c2cccnc2Sc2ccccc2)CC1. The molecule has 29 heavy (non-hydrogen) atoms. The Kier molecular flexibility index (Phi) is 6.12. The molecule has 6 heteroatoms. The smallest absolute Gasteiger partial charge is 0.258 e.